The van der Waals surface area contributed by atoms with Gasteiger partial charge in [0.15, 0.2) is 0 Å². The van der Waals surface area contributed by atoms with Crippen molar-refractivity contribution < 1.29 is 13.7 Å². The van der Waals surface area contributed by atoms with E-state index in [9.17, 15) is 9.18 Å². The Kier molecular flexibility index (Phi) is 5.30. The van der Waals surface area contributed by atoms with Gasteiger partial charge in [-0.05, 0) is 30.7 Å². The summed E-state index contributed by atoms with van der Waals surface area (Å²) in [6, 6.07) is 11.5. The molecule has 134 valence electrons. The predicted molar refractivity (Wildman–Crippen MR) is 98.9 cm³/mol. The summed E-state index contributed by atoms with van der Waals surface area (Å²) in [5.74, 6) is -0.651. The molecule has 0 fully saturated rings. The van der Waals surface area contributed by atoms with Gasteiger partial charge in [0.1, 0.15) is 22.8 Å². The molecule has 3 aromatic rings. The quantitative estimate of drug-likeness (QED) is 0.599. The molecule has 26 heavy (non-hydrogen) atoms. The first-order valence-corrected chi connectivity index (χ1v) is 8.55. The maximum absolute atomic E-state index is 14.3. The number of aryl methyl sites for hydroxylation is 1. The molecule has 0 saturated carbocycles. The fourth-order valence-corrected chi connectivity index (χ4v) is 3.11. The average molecular weight is 393 g/mol. The van der Waals surface area contributed by atoms with Crippen molar-refractivity contribution in [3.8, 4) is 11.3 Å². The molecule has 0 aliphatic carbocycles. The molecule has 0 radical (unpaired) electrons. The van der Waals surface area contributed by atoms with E-state index in [1.807, 2.05) is 18.2 Å². The van der Waals surface area contributed by atoms with Crippen molar-refractivity contribution in [2.75, 3.05) is 7.05 Å². The number of hydrogen-bond acceptors (Lipinski definition) is 3. The lowest BCUT2D eigenvalue weighted by molar-refractivity contribution is 0.0784. The number of benzene rings is 2. The highest BCUT2D eigenvalue weighted by Crippen LogP contribution is 2.34. The molecule has 2 aromatic carbocycles. The van der Waals surface area contributed by atoms with Crippen LogP contribution in [0, 0.1) is 12.7 Å². The molecule has 0 atom stereocenters. The minimum absolute atomic E-state index is 0.0421. The standard InChI is InChI=1S/C19H15Cl2FN2O2/c1-11-16(18(23-26-11)17-14(21)8-5-9-15(17)22)19(25)24(2)10-12-6-3-4-7-13(12)20/h3-9H,10H2,1-2H3. The van der Waals surface area contributed by atoms with Crippen LogP contribution in [0.1, 0.15) is 21.7 Å². The molecular formula is C19H15Cl2FN2O2. The van der Waals surface area contributed by atoms with Crippen molar-refractivity contribution in [2.45, 2.75) is 13.5 Å². The van der Waals surface area contributed by atoms with Gasteiger partial charge in [-0.15, -0.1) is 0 Å². The van der Waals surface area contributed by atoms with Gasteiger partial charge in [0.2, 0.25) is 0 Å². The van der Waals surface area contributed by atoms with Crippen molar-refractivity contribution in [3.05, 3.63) is 75.2 Å². The maximum Gasteiger partial charge on any atom is 0.259 e. The number of nitrogens with zero attached hydrogens (tertiary/aromatic N) is 2. The van der Waals surface area contributed by atoms with E-state index in [0.717, 1.165) is 5.56 Å². The Morgan fingerprint density at radius 3 is 2.54 bits per heavy atom. The predicted octanol–water partition coefficient (Wildman–Crippen LogP) is 5.37. The van der Waals surface area contributed by atoms with Crippen LogP contribution in [0.25, 0.3) is 11.3 Å². The molecular weight excluding hydrogens is 378 g/mol. The number of carbonyl (C=O) groups is 1. The molecule has 4 nitrogen and oxygen atoms in total. The Bertz CT molecular complexity index is 952. The molecule has 0 aliphatic rings. The Morgan fingerprint density at radius 2 is 1.85 bits per heavy atom. The molecule has 0 spiro atoms. The van der Waals surface area contributed by atoms with Gasteiger partial charge in [-0.25, -0.2) is 4.39 Å². The van der Waals surface area contributed by atoms with Crippen molar-refractivity contribution in [1.82, 2.24) is 10.1 Å². The molecule has 0 unspecified atom stereocenters. The lowest BCUT2D eigenvalue weighted by Crippen LogP contribution is -2.27. The van der Waals surface area contributed by atoms with Gasteiger partial charge in [-0.2, -0.15) is 0 Å². The van der Waals surface area contributed by atoms with Crippen LogP contribution in [0.15, 0.2) is 47.0 Å². The first kappa shape index (κ1) is 18.4. The summed E-state index contributed by atoms with van der Waals surface area (Å²) in [6.45, 7) is 1.88. The monoisotopic (exact) mass is 392 g/mol. The third-order valence-electron chi connectivity index (χ3n) is 3.99. The molecule has 1 heterocycles. The van der Waals surface area contributed by atoms with E-state index in [1.165, 1.54) is 23.1 Å². The molecule has 0 N–H and O–H groups in total. The zero-order valence-electron chi connectivity index (χ0n) is 14.1. The third-order valence-corrected chi connectivity index (χ3v) is 4.67. The van der Waals surface area contributed by atoms with Gasteiger partial charge < -0.3 is 9.42 Å². The lowest BCUT2D eigenvalue weighted by atomic mass is 10.0. The fourth-order valence-electron chi connectivity index (χ4n) is 2.66. The third kappa shape index (κ3) is 3.45. The Labute approximate surface area is 160 Å². The van der Waals surface area contributed by atoms with Crippen LogP contribution < -0.4 is 0 Å². The highest BCUT2D eigenvalue weighted by molar-refractivity contribution is 6.33. The second-order valence-electron chi connectivity index (χ2n) is 5.81. The largest absolute Gasteiger partial charge is 0.360 e. The summed E-state index contributed by atoms with van der Waals surface area (Å²) in [7, 11) is 1.63. The van der Waals surface area contributed by atoms with Gasteiger partial charge in [0, 0.05) is 18.6 Å². The lowest BCUT2D eigenvalue weighted by Gasteiger charge is -2.18. The normalized spacial score (nSPS) is 10.8. The second-order valence-corrected chi connectivity index (χ2v) is 6.63. The number of carbonyl (C=O) groups excluding carboxylic acids is 1. The van der Waals surface area contributed by atoms with E-state index in [4.69, 9.17) is 27.7 Å². The molecule has 1 amide bonds. The summed E-state index contributed by atoms with van der Waals surface area (Å²) < 4.78 is 19.4. The number of aromatic nitrogens is 1. The van der Waals surface area contributed by atoms with Crippen LogP contribution in [-0.2, 0) is 6.54 Å². The van der Waals surface area contributed by atoms with Crippen LogP contribution in [0.4, 0.5) is 4.39 Å². The smallest absolute Gasteiger partial charge is 0.259 e. The topological polar surface area (TPSA) is 46.3 Å². The summed E-state index contributed by atoms with van der Waals surface area (Å²) in [5.41, 5.74) is 1.10. The Balaban J connectivity index is 1.98. The van der Waals surface area contributed by atoms with E-state index in [2.05, 4.69) is 5.16 Å². The molecule has 0 saturated heterocycles. The summed E-state index contributed by atoms with van der Waals surface area (Å²) in [4.78, 5) is 14.4. The Hall–Kier alpha value is -2.37. The highest BCUT2D eigenvalue weighted by atomic mass is 35.5. The van der Waals surface area contributed by atoms with E-state index in [-0.39, 0.29) is 40.1 Å². The Morgan fingerprint density at radius 1 is 1.15 bits per heavy atom. The van der Waals surface area contributed by atoms with Gasteiger partial charge in [-0.1, -0.05) is 52.6 Å². The van der Waals surface area contributed by atoms with Crippen molar-refractivity contribution in [2.24, 2.45) is 0 Å². The number of halogens is 3. The van der Waals surface area contributed by atoms with Crippen molar-refractivity contribution in [3.63, 3.8) is 0 Å². The second kappa shape index (κ2) is 7.48. The zero-order valence-corrected chi connectivity index (χ0v) is 15.6. The molecule has 1 aromatic heterocycles. The first-order valence-electron chi connectivity index (χ1n) is 7.79. The molecule has 7 heteroatoms. The van der Waals surface area contributed by atoms with Crippen molar-refractivity contribution >= 4 is 29.1 Å². The van der Waals surface area contributed by atoms with Crippen LogP contribution in [-0.4, -0.2) is 23.0 Å². The minimum atomic E-state index is -0.575. The van der Waals surface area contributed by atoms with Crippen molar-refractivity contribution in [1.29, 1.82) is 0 Å². The number of amides is 1. The molecule has 3 rings (SSSR count). The van der Waals surface area contributed by atoms with Gasteiger partial charge in [0.25, 0.3) is 5.91 Å². The summed E-state index contributed by atoms with van der Waals surface area (Å²) in [5, 5.41) is 4.58. The fraction of sp³-hybridized carbons (Fsp3) is 0.158. The molecule has 0 bridgehead atoms. The van der Waals surface area contributed by atoms with Gasteiger partial charge >= 0.3 is 0 Å². The van der Waals surface area contributed by atoms with E-state index in [0.29, 0.717) is 5.02 Å². The minimum Gasteiger partial charge on any atom is -0.360 e. The SMILES string of the molecule is Cc1onc(-c2c(F)cccc2Cl)c1C(=O)N(C)Cc1ccccc1Cl. The first-order chi connectivity index (χ1) is 12.4. The summed E-state index contributed by atoms with van der Waals surface area (Å²) in [6.07, 6.45) is 0. The number of rotatable bonds is 4. The van der Waals surface area contributed by atoms with E-state index in [1.54, 1.807) is 20.0 Å². The van der Waals surface area contributed by atoms with Gasteiger partial charge in [-0.3, -0.25) is 4.79 Å². The maximum atomic E-state index is 14.3. The average Bonchev–Trinajstić information content (AvgIpc) is 2.97. The zero-order chi connectivity index (χ0) is 18.8. The summed E-state index contributed by atoms with van der Waals surface area (Å²) >= 11 is 12.3. The van der Waals surface area contributed by atoms with Gasteiger partial charge in [0.05, 0.1) is 10.6 Å². The highest BCUT2D eigenvalue weighted by Gasteiger charge is 2.27. The molecule has 0 aliphatic heterocycles. The van der Waals surface area contributed by atoms with Crippen LogP contribution in [0.5, 0.6) is 0 Å². The van der Waals surface area contributed by atoms with Crippen LogP contribution in [0.2, 0.25) is 10.0 Å². The number of hydrogen-bond donors (Lipinski definition) is 0. The van der Waals surface area contributed by atoms with Crippen LogP contribution >= 0.6 is 23.2 Å². The van der Waals surface area contributed by atoms with E-state index >= 15 is 0 Å². The van der Waals surface area contributed by atoms with Crippen LogP contribution in [0.3, 0.4) is 0 Å². The van der Waals surface area contributed by atoms with E-state index < -0.39 is 5.82 Å².